The largest absolute Gasteiger partial charge is 0.372 e. The minimum absolute atomic E-state index is 0.0977. The molecule has 1 saturated heterocycles. The Morgan fingerprint density at radius 1 is 1.07 bits per heavy atom. The van der Waals surface area contributed by atoms with Crippen LogP contribution in [0.5, 0.6) is 0 Å². The van der Waals surface area contributed by atoms with E-state index in [4.69, 9.17) is 0 Å². The van der Waals surface area contributed by atoms with Gasteiger partial charge >= 0.3 is 0 Å². The Labute approximate surface area is 174 Å². The van der Waals surface area contributed by atoms with Crippen LogP contribution in [0.1, 0.15) is 36.7 Å². The van der Waals surface area contributed by atoms with Gasteiger partial charge in [-0.05, 0) is 63.2 Å². The van der Waals surface area contributed by atoms with Crippen molar-refractivity contribution >= 4 is 23.1 Å². The SMILES string of the molecule is CCN1CCN(c2cc(C(=O)Nc3ccc(N(CC)CC)cc3C)ccn2)CC1. The van der Waals surface area contributed by atoms with Gasteiger partial charge in [-0.3, -0.25) is 4.79 Å². The number of hydrogen-bond acceptors (Lipinski definition) is 5. The lowest BCUT2D eigenvalue weighted by Crippen LogP contribution is -2.46. The first-order valence-electron chi connectivity index (χ1n) is 10.7. The number of aryl methyl sites for hydroxylation is 1. The summed E-state index contributed by atoms with van der Waals surface area (Å²) in [6, 6.07) is 9.87. The van der Waals surface area contributed by atoms with Crippen LogP contribution < -0.4 is 15.1 Å². The number of pyridine rings is 1. The van der Waals surface area contributed by atoms with E-state index < -0.39 is 0 Å². The highest BCUT2D eigenvalue weighted by atomic mass is 16.1. The second-order valence-corrected chi connectivity index (χ2v) is 7.45. The first-order chi connectivity index (χ1) is 14.0. The second-order valence-electron chi connectivity index (χ2n) is 7.45. The van der Waals surface area contributed by atoms with Gasteiger partial charge in [-0.2, -0.15) is 0 Å². The van der Waals surface area contributed by atoms with Crippen LogP contribution in [0.4, 0.5) is 17.2 Å². The third-order valence-electron chi connectivity index (χ3n) is 5.74. The van der Waals surface area contributed by atoms with Crippen molar-refractivity contribution in [3.05, 3.63) is 47.7 Å². The lowest BCUT2D eigenvalue weighted by atomic mass is 10.1. The summed E-state index contributed by atoms with van der Waals surface area (Å²) in [5, 5.41) is 3.06. The number of piperazine rings is 1. The molecule has 1 aromatic carbocycles. The average Bonchev–Trinajstić information content (AvgIpc) is 2.76. The molecule has 0 unspecified atom stereocenters. The number of hydrogen-bond donors (Lipinski definition) is 1. The van der Waals surface area contributed by atoms with Crippen LogP contribution in [-0.2, 0) is 0 Å². The molecule has 29 heavy (non-hydrogen) atoms. The average molecular weight is 396 g/mol. The van der Waals surface area contributed by atoms with Crippen LogP contribution in [0.2, 0.25) is 0 Å². The summed E-state index contributed by atoms with van der Waals surface area (Å²) in [5.74, 6) is 0.779. The molecule has 6 heteroatoms. The molecule has 1 amide bonds. The van der Waals surface area contributed by atoms with Crippen LogP contribution >= 0.6 is 0 Å². The number of likely N-dealkylation sites (N-methyl/N-ethyl adjacent to an activating group) is 1. The van der Waals surface area contributed by atoms with Crippen LogP contribution in [0.3, 0.4) is 0 Å². The van der Waals surface area contributed by atoms with Gasteiger partial charge in [0.05, 0.1) is 0 Å². The fraction of sp³-hybridized carbons (Fsp3) is 0.478. The van der Waals surface area contributed by atoms with Crippen molar-refractivity contribution in [2.45, 2.75) is 27.7 Å². The van der Waals surface area contributed by atoms with E-state index in [0.717, 1.165) is 62.9 Å². The number of carbonyl (C=O) groups is 1. The minimum atomic E-state index is -0.0977. The molecule has 0 saturated carbocycles. The number of benzene rings is 1. The highest BCUT2D eigenvalue weighted by Crippen LogP contribution is 2.24. The topological polar surface area (TPSA) is 51.7 Å². The standard InChI is InChI=1S/C23H33N5O/c1-5-26-12-14-28(15-13-26)22-17-19(10-11-24-22)23(29)25-21-9-8-20(16-18(21)4)27(6-2)7-3/h8-11,16-17H,5-7,12-15H2,1-4H3,(H,25,29). The van der Waals surface area contributed by atoms with Crippen LogP contribution in [0.25, 0.3) is 0 Å². The number of amides is 1. The lowest BCUT2D eigenvalue weighted by Gasteiger charge is -2.34. The van der Waals surface area contributed by atoms with E-state index in [0.29, 0.717) is 5.56 Å². The summed E-state index contributed by atoms with van der Waals surface area (Å²) in [6.45, 7) is 15.5. The molecule has 1 aliphatic rings. The molecule has 1 fully saturated rings. The Morgan fingerprint density at radius 3 is 2.41 bits per heavy atom. The molecule has 2 aromatic rings. The Hall–Kier alpha value is -2.60. The summed E-state index contributed by atoms with van der Waals surface area (Å²) in [7, 11) is 0. The zero-order chi connectivity index (χ0) is 20.8. The van der Waals surface area contributed by atoms with E-state index in [1.165, 1.54) is 5.69 Å². The first kappa shape index (κ1) is 21.1. The van der Waals surface area contributed by atoms with E-state index in [2.05, 4.69) is 57.9 Å². The van der Waals surface area contributed by atoms with Gasteiger partial charge in [0.1, 0.15) is 5.82 Å². The summed E-state index contributed by atoms with van der Waals surface area (Å²) >= 11 is 0. The van der Waals surface area contributed by atoms with Crippen LogP contribution in [0, 0.1) is 6.92 Å². The van der Waals surface area contributed by atoms with Gasteiger partial charge in [0, 0.05) is 62.4 Å². The Morgan fingerprint density at radius 2 is 1.79 bits per heavy atom. The quantitative estimate of drug-likeness (QED) is 0.776. The number of anilines is 3. The van der Waals surface area contributed by atoms with Crippen molar-refractivity contribution in [3.8, 4) is 0 Å². The van der Waals surface area contributed by atoms with Gasteiger partial charge in [0.2, 0.25) is 0 Å². The van der Waals surface area contributed by atoms with E-state index in [9.17, 15) is 4.79 Å². The highest BCUT2D eigenvalue weighted by Gasteiger charge is 2.18. The number of aromatic nitrogens is 1. The first-order valence-corrected chi connectivity index (χ1v) is 10.7. The summed E-state index contributed by atoms with van der Waals surface area (Å²) in [5.41, 5.74) is 3.73. The zero-order valence-electron chi connectivity index (χ0n) is 18.1. The second kappa shape index (κ2) is 9.74. The fourth-order valence-corrected chi connectivity index (χ4v) is 3.79. The summed E-state index contributed by atoms with van der Waals surface area (Å²) in [6.07, 6.45) is 1.73. The maximum Gasteiger partial charge on any atom is 0.255 e. The molecule has 3 rings (SSSR count). The molecular weight excluding hydrogens is 362 g/mol. The number of rotatable bonds is 7. The number of nitrogens with one attached hydrogen (secondary N) is 1. The molecule has 0 aliphatic carbocycles. The number of carbonyl (C=O) groups excluding carboxylic acids is 1. The molecular formula is C23H33N5O. The van der Waals surface area contributed by atoms with Gasteiger partial charge in [-0.1, -0.05) is 6.92 Å². The predicted molar refractivity (Wildman–Crippen MR) is 121 cm³/mol. The molecule has 156 valence electrons. The highest BCUT2D eigenvalue weighted by molar-refractivity contribution is 6.05. The smallest absolute Gasteiger partial charge is 0.255 e. The maximum absolute atomic E-state index is 12.9. The zero-order valence-corrected chi connectivity index (χ0v) is 18.1. The van der Waals surface area contributed by atoms with Crippen molar-refractivity contribution in [2.75, 3.05) is 60.9 Å². The van der Waals surface area contributed by atoms with Crippen molar-refractivity contribution < 1.29 is 4.79 Å². The molecule has 1 aliphatic heterocycles. The van der Waals surface area contributed by atoms with Gasteiger partial charge < -0.3 is 20.0 Å². The van der Waals surface area contributed by atoms with Gasteiger partial charge in [0.25, 0.3) is 5.91 Å². The molecule has 2 heterocycles. The molecule has 1 aromatic heterocycles. The van der Waals surface area contributed by atoms with Crippen LogP contribution in [-0.4, -0.2) is 61.6 Å². The van der Waals surface area contributed by atoms with Crippen molar-refractivity contribution in [2.24, 2.45) is 0 Å². The van der Waals surface area contributed by atoms with Crippen molar-refractivity contribution in [1.82, 2.24) is 9.88 Å². The van der Waals surface area contributed by atoms with Gasteiger partial charge in [-0.25, -0.2) is 4.98 Å². The van der Waals surface area contributed by atoms with Gasteiger partial charge in [0.15, 0.2) is 0 Å². The molecule has 0 atom stereocenters. The molecule has 6 nitrogen and oxygen atoms in total. The van der Waals surface area contributed by atoms with Crippen molar-refractivity contribution in [3.63, 3.8) is 0 Å². The fourth-order valence-electron chi connectivity index (χ4n) is 3.79. The Bertz CT molecular complexity index is 826. The van der Waals surface area contributed by atoms with E-state index in [1.807, 2.05) is 19.1 Å². The predicted octanol–water partition coefficient (Wildman–Crippen LogP) is 3.63. The normalized spacial score (nSPS) is 14.7. The third kappa shape index (κ3) is 5.07. The minimum Gasteiger partial charge on any atom is -0.372 e. The Kier molecular flexibility index (Phi) is 7.09. The molecule has 1 N–H and O–H groups in total. The molecule has 0 radical (unpaired) electrons. The van der Waals surface area contributed by atoms with Gasteiger partial charge in [-0.15, -0.1) is 0 Å². The summed E-state index contributed by atoms with van der Waals surface area (Å²) < 4.78 is 0. The molecule has 0 spiro atoms. The third-order valence-corrected chi connectivity index (χ3v) is 5.74. The van der Waals surface area contributed by atoms with Crippen LogP contribution in [0.15, 0.2) is 36.5 Å². The summed E-state index contributed by atoms with van der Waals surface area (Å²) in [4.78, 5) is 24.3. The van der Waals surface area contributed by atoms with Crippen molar-refractivity contribution in [1.29, 1.82) is 0 Å². The Balaban J connectivity index is 1.70. The lowest BCUT2D eigenvalue weighted by molar-refractivity contribution is 0.102. The van der Waals surface area contributed by atoms with E-state index in [-0.39, 0.29) is 5.91 Å². The monoisotopic (exact) mass is 395 g/mol. The number of nitrogens with zero attached hydrogens (tertiary/aromatic N) is 4. The molecule has 0 bridgehead atoms. The van der Waals surface area contributed by atoms with E-state index >= 15 is 0 Å². The maximum atomic E-state index is 12.9. The van der Waals surface area contributed by atoms with E-state index in [1.54, 1.807) is 12.3 Å².